The van der Waals surface area contributed by atoms with Crippen molar-refractivity contribution in [3.8, 4) is 0 Å². The van der Waals surface area contributed by atoms with Gasteiger partial charge in [0.2, 0.25) is 11.8 Å². The zero-order valence-electron chi connectivity index (χ0n) is 13.8. The summed E-state index contributed by atoms with van der Waals surface area (Å²) in [5, 5.41) is 15.5. The molecule has 23 heavy (non-hydrogen) atoms. The van der Waals surface area contributed by atoms with Crippen molar-refractivity contribution >= 4 is 11.8 Å². The minimum absolute atomic E-state index is 0.108. The van der Waals surface area contributed by atoms with E-state index < -0.39 is 0 Å². The number of nitrogens with one attached hydrogen (secondary N) is 2. The summed E-state index contributed by atoms with van der Waals surface area (Å²) in [7, 11) is 0. The van der Waals surface area contributed by atoms with Gasteiger partial charge < -0.3 is 15.7 Å². The molecular weight excluding hydrogens is 292 g/mol. The van der Waals surface area contributed by atoms with Gasteiger partial charge in [-0.15, -0.1) is 0 Å². The van der Waals surface area contributed by atoms with Crippen molar-refractivity contribution in [1.82, 2.24) is 10.6 Å². The average molecular weight is 318 g/mol. The molecule has 1 saturated carbocycles. The van der Waals surface area contributed by atoms with Gasteiger partial charge in [-0.3, -0.25) is 9.59 Å². The van der Waals surface area contributed by atoms with Crippen molar-refractivity contribution in [3.05, 3.63) is 35.4 Å². The number of benzene rings is 1. The predicted molar refractivity (Wildman–Crippen MR) is 88.7 cm³/mol. The first-order chi connectivity index (χ1) is 11.0. The standard InChI is InChI=1S/C18H26N2O3/c1-12-6-8-14(9-7-12)16(20-13(2)21)10-18(23)19-11-15-4-3-5-17(15)22/h6-9,15-17,22H,3-5,10-11H2,1-2H3,(H,19,23)(H,20,21). The van der Waals surface area contributed by atoms with Crippen molar-refractivity contribution in [2.75, 3.05) is 6.54 Å². The summed E-state index contributed by atoms with van der Waals surface area (Å²) in [6.45, 7) is 3.95. The van der Waals surface area contributed by atoms with E-state index in [4.69, 9.17) is 0 Å². The quantitative estimate of drug-likeness (QED) is 0.749. The van der Waals surface area contributed by atoms with Crippen LogP contribution in [0.1, 0.15) is 49.8 Å². The fraction of sp³-hybridized carbons (Fsp3) is 0.556. The molecule has 5 heteroatoms. The molecule has 3 unspecified atom stereocenters. The van der Waals surface area contributed by atoms with Gasteiger partial charge in [0, 0.05) is 19.4 Å². The normalized spacial score (nSPS) is 21.7. The Morgan fingerprint density at radius 1 is 1.26 bits per heavy atom. The molecule has 3 N–H and O–H groups in total. The van der Waals surface area contributed by atoms with Crippen LogP contribution in [0.4, 0.5) is 0 Å². The number of carbonyl (C=O) groups excluding carboxylic acids is 2. The largest absolute Gasteiger partial charge is 0.393 e. The first-order valence-electron chi connectivity index (χ1n) is 8.24. The topological polar surface area (TPSA) is 78.4 Å². The molecule has 2 amide bonds. The monoisotopic (exact) mass is 318 g/mol. The van der Waals surface area contributed by atoms with Gasteiger partial charge in [-0.25, -0.2) is 0 Å². The maximum absolute atomic E-state index is 12.2. The Balaban J connectivity index is 1.92. The van der Waals surface area contributed by atoms with Gasteiger partial charge in [-0.2, -0.15) is 0 Å². The summed E-state index contributed by atoms with van der Waals surface area (Å²) in [4.78, 5) is 23.6. The molecule has 0 radical (unpaired) electrons. The predicted octanol–water partition coefficient (Wildman–Crippen LogP) is 1.84. The molecule has 2 rings (SSSR count). The van der Waals surface area contributed by atoms with E-state index in [0.717, 1.165) is 30.4 Å². The van der Waals surface area contributed by atoms with E-state index in [0.29, 0.717) is 6.54 Å². The van der Waals surface area contributed by atoms with Gasteiger partial charge >= 0.3 is 0 Å². The van der Waals surface area contributed by atoms with Crippen LogP contribution in [0, 0.1) is 12.8 Å². The molecule has 0 aliphatic heterocycles. The van der Waals surface area contributed by atoms with Gasteiger partial charge in [-0.05, 0) is 25.3 Å². The summed E-state index contributed by atoms with van der Waals surface area (Å²) >= 11 is 0. The smallest absolute Gasteiger partial charge is 0.222 e. The number of carbonyl (C=O) groups is 2. The van der Waals surface area contributed by atoms with Crippen molar-refractivity contribution in [1.29, 1.82) is 0 Å². The number of aliphatic hydroxyl groups excluding tert-OH is 1. The van der Waals surface area contributed by atoms with Crippen molar-refractivity contribution in [2.45, 2.75) is 51.7 Å². The maximum atomic E-state index is 12.2. The van der Waals surface area contributed by atoms with Crippen LogP contribution in [0.15, 0.2) is 24.3 Å². The van der Waals surface area contributed by atoms with Gasteiger partial charge in [-0.1, -0.05) is 36.2 Å². The van der Waals surface area contributed by atoms with Gasteiger partial charge in [0.1, 0.15) is 0 Å². The molecule has 0 bridgehead atoms. The highest BCUT2D eigenvalue weighted by molar-refractivity contribution is 5.79. The first kappa shape index (κ1) is 17.5. The van der Waals surface area contributed by atoms with E-state index in [2.05, 4.69) is 10.6 Å². The van der Waals surface area contributed by atoms with Crippen LogP contribution in [0.25, 0.3) is 0 Å². The third-order valence-corrected chi connectivity index (χ3v) is 4.43. The molecule has 126 valence electrons. The lowest BCUT2D eigenvalue weighted by Crippen LogP contribution is -2.36. The Labute approximate surface area is 137 Å². The highest BCUT2D eigenvalue weighted by Crippen LogP contribution is 2.25. The summed E-state index contributed by atoms with van der Waals surface area (Å²) in [5.74, 6) is -0.115. The Kier molecular flexibility index (Phi) is 6.16. The van der Waals surface area contributed by atoms with Crippen LogP contribution >= 0.6 is 0 Å². The minimum Gasteiger partial charge on any atom is -0.393 e. The van der Waals surface area contributed by atoms with Gasteiger partial charge in [0.25, 0.3) is 0 Å². The van der Waals surface area contributed by atoms with Gasteiger partial charge in [0.15, 0.2) is 0 Å². The van der Waals surface area contributed by atoms with Crippen molar-refractivity contribution < 1.29 is 14.7 Å². The number of amides is 2. The lowest BCUT2D eigenvalue weighted by molar-refractivity contribution is -0.123. The lowest BCUT2D eigenvalue weighted by atomic mass is 10.0. The number of hydrogen-bond donors (Lipinski definition) is 3. The molecule has 3 atom stereocenters. The number of rotatable bonds is 6. The molecule has 5 nitrogen and oxygen atoms in total. The molecule has 1 fully saturated rings. The number of aryl methyl sites for hydroxylation is 1. The molecule has 1 aromatic carbocycles. The molecule has 1 aliphatic carbocycles. The molecule has 0 saturated heterocycles. The Morgan fingerprint density at radius 3 is 2.52 bits per heavy atom. The SMILES string of the molecule is CC(=O)NC(CC(=O)NCC1CCCC1O)c1ccc(C)cc1. The summed E-state index contributed by atoms with van der Waals surface area (Å²) in [6.07, 6.45) is 2.68. The second-order valence-electron chi connectivity index (χ2n) is 6.43. The van der Waals surface area contributed by atoms with Crippen LogP contribution in [0.2, 0.25) is 0 Å². The third-order valence-electron chi connectivity index (χ3n) is 4.43. The number of hydrogen-bond acceptors (Lipinski definition) is 3. The van der Waals surface area contributed by atoms with Crippen LogP contribution in [0.3, 0.4) is 0 Å². The lowest BCUT2D eigenvalue weighted by Gasteiger charge is -2.20. The Morgan fingerprint density at radius 2 is 1.96 bits per heavy atom. The Bertz CT molecular complexity index is 542. The number of aliphatic hydroxyl groups is 1. The van der Waals surface area contributed by atoms with Crippen molar-refractivity contribution in [3.63, 3.8) is 0 Å². The zero-order chi connectivity index (χ0) is 16.8. The van der Waals surface area contributed by atoms with E-state index in [1.54, 1.807) is 0 Å². The molecule has 1 aromatic rings. The fourth-order valence-corrected chi connectivity index (χ4v) is 3.05. The highest BCUT2D eigenvalue weighted by atomic mass is 16.3. The fourth-order valence-electron chi connectivity index (χ4n) is 3.05. The first-order valence-corrected chi connectivity index (χ1v) is 8.24. The molecule has 1 aliphatic rings. The Hall–Kier alpha value is -1.88. The van der Waals surface area contributed by atoms with E-state index >= 15 is 0 Å². The van der Waals surface area contributed by atoms with Gasteiger partial charge in [0.05, 0.1) is 18.6 Å². The van der Waals surface area contributed by atoms with Crippen LogP contribution in [0.5, 0.6) is 0 Å². The summed E-state index contributed by atoms with van der Waals surface area (Å²) < 4.78 is 0. The average Bonchev–Trinajstić information content (AvgIpc) is 2.90. The van der Waals surface area contributed by atoms with Crippen LogP contribution < -0.4 is 10.6 Å². The van der Waals surface area contributed by atoms with Crippen LogP contribution in [-0.2, 0) is 9.59 Å². The molecule has 0 aromatic heterocycles. The maximum Gasteiger partial charge on any atom is 0.222 e. The zero-order valence-corrected chi connectivity index (χ0v) is 13.8. The highest BCUT2D eigenvalue weighted by Gasteiger charge is 2.26. The molecule has 0 spiro atoms. The van der Waals surface area contributed by atoms with E-state index in [1.807, 2.05) is 31.2 Å². The van der Waals surface area contributed by atoms with E-state index in [1.165, 1.54) is 6.92 Å². The third kappa shape index (κ3) is 5.36. The van der Waals surface area contributed by atoms with E-state index in [9.17, 15) is 14.7 Å². The molecule has 0 heterocycles. The van der Waals surface area contributed by atoms with E-state index in [-0.39, 0.29) is 36.3 Å². The van der Waals surface area contributed by atoms with Crippen molar-refractivity contribution in [2.24, 2.45) is 5.92 Å². The second kappa shape index (κ2) is 8.11. The minimum atomic E-state index is -0.332. The molecular formula is C18H26N2O3. The van der Waals surface area contributed by atoms with Crippen LogP contribution in [-0.4, -0.2) is 29.6 Å². The second-order valence-corrected chi connectivity index (χ2v) is 6.43. The summed E-state index contributed by atoms with van der Waals surface area (Å²) in [6, 6.07) is 7.48. The summed E-state index contributed by atoms with van der Waals surface area (Å²) in [5.41, 5.74) is 2.05.